The predicted molar refractivity (Wildman–Crippen MR) is 78.3 cm³/mol. The van der Waals surface area contributed by atoms with Gasteiger partial charge in [0.25, 0.3) is 10.0 Å². The highest BCUT2D eigenvalue weighted by Crippen LogP contribution is 2.39. The van der Waals surface area contributed by atoms with E-state index in [1.807, 2.05) is 0 Å². The summed E-state index contributed by atoms with van der Waals surface area (Å²) in [5.74, 6) is -0.615. The number of aliphatic hydroxyl groups is 1. The quantitative estimate of drug-likeness (QED) is 0.834. The minimum absolute atomic E-state index is 0.149. The van der Waals surface area contributed by atoms with E-state index in [1.165, 1.54) is 12.1 Å². The number of hydrogen-bond acceptors (Lipinski definition) is 4. The summed E-state index contributed by atoms with van der Waals surface area (Å²) in [7, 11) is -4.56. The zero-order valence-electron chi connectivity index (χ0n) is 12.5. The first-order chi connectivity index (χ1) is 11.5. The van der Waals surface area contributed by atoms with E-state index in [-0.39, 0.29) is 5.56 Å². The third kappa shape index (κ3) is 3.12. The first-order valence-electron chi connectivity index (χ1n) is 7.05. The monoisotopic (exact) mass is 376 g/mol. The number of β-amino-alcohol motifs (C(OH)–C–C–N with tert-alkyl or cyclic N) is 1. The average molecular weight is 376 g/mol. The van der Waals surface area contributed by atoms with E-state index in [0.29, 0.717) is 10.4 Å². The number of pyridine rings is 1. The van der Waals surface area contributed by atoms with Crippen LogP contribution < -0.4 is 0 Å². The van der Waals surface area contributed by atoms with Gasteiger partial charge in [0, 0.05) is 19.3 Å². The second-order valence-corrected chi connectivity index (χ2v) is 7.52. The fourth-order valence-electron chi connectivity index (χ4n) is 2.60. The van der Waals surface area contributed by atoms with Crippen LogP contribution in [0.4, 0.5) is 17.6 Å². The molecule has 1 fully saturated rings. The van der Waals surface area contributed by atoms with Gasteiger partial charge in [0.1, 0.15) is 11.4 Å². The molecule has 134 valence electrons. The maximum atomic E-state index is 13.3. The molecule has 1 saturated heterocycles. The van der Waals surface area contributed by atoms with Crippen LogP contribution in [0.2, 0.25) is 0 Å². The van der Waals surface area contributed by atoms with Crippen LogP contribution >= 0.6 is 0 Å². The highest BCUT2D eigenvalue weighted by atomic mass is 32.2. The molecule has 5 nitrogen and oxygen atoms in total. The Balaban J connectivity index is 1.90. The van der Waals surface area contributed by atoms with Crippen LogP contribution in [0.25, 0.3) is 0 Å². The lowest BCUT2D eigenvalue weighted by Crippen LogP contribution is -2.61. The number of hydrogen-bond donors (Lipinski definition) is 1. The van der Waals surface area contributed by atoms with Crippen molar-refractivity contribution in [2.45, 2.75) is 16.8 Å². The Hall–Kier alpha value is -2.04. The van der Waals surface area contributed by atoms with Gasteiger partial charge in [0.15, 0.2) is 5.03 Å². The van der Waals surface area contributed by atoms with Gasteiger partial charge in [0.05, 0.1) is 5.56 Å². The van der Waals surface area contributed by atoms with Crippen molar-refractivity contribution in [1.82, 2.24) is 9.29 Å². The van der Waals surface area contributed by atoms with Crippen molar-refractivity contribution in [3.8, 4) is 0 Å². The van der Waals surface area contributed by atoms with Gasteiger partial charge in [-0.05, 0) is 29.8 Å². The largest absolute Gasteiger partial charge is 0.419 e. The van der Waals surface area contributed by atoms with Crippen molar-refractivity contribution in [1.29, 1.82) is 0 Å². The van der Waals surface area contributed by atoms with Crippen LogP contribution in [0, 0.1) is 5.82 Å². The van der Waals surface area contributed by atoms with E-state index in [9.17, 15) is 31.1 Å². The third-order valence-corrected chi connectivity index (χ3v) is 5.65. The Morgan fingerprint density at radius 3 is 2.44 bits per heavy atom. The Bertz CT molecular complexity index is 909. The molecule has 0 bridgehead atoms. The minimum atomic E-state index is -4.89. The molecule has 3 rings (SSSR count). The van der Waals surface area contributed by atoms with Crippen LogP contribution in [-0.2, 0) is 21.8 Å². The number of alkyl halides is 3. The third-order valence-electron chi connectivity index (χ3n) is 3.90. The highest BCUT2D eigenvalue weighted by molar-refractivity contribution is 7.89. The van der Waals surface area contributed by atoms with Crippen LogP contribution in [0.3, 0.4) is 0 Å². The van der Waals surface area contributed by atoms with Crippen molar-refractivity contribution >= 4 is 10.0 Å². The molecule has 1 aliphatic heterocycles. The van der Waals surface area contributed by atoms with E-state index < -0.39 is 51.3 Å². The van der Waals surface area contributed by atoms with Crippen molar-refractivity contribution in [3.63, 3.8) is 0 Å². The van der Waals surface area contributed by atoms with Gasteiger partial charge in [-0.15, -0.1) is 0 Å². The summed E-state index contributed by atoms with van der Waals surface area (Å²) in [6, 6.07) is 6.57. The lowest BCUT2D eigenvalue weighted by Gasteiger charge is -2.45. The van der Waals surface area contributed by atoms with Gasteiger partial charge in [0.2, 0.25) is 0 Å². The lowest BCUT2D eigenvalue weighted by molar-refractivity contribution is -0.140. The van der Waals surface area contributed by atoms with Gasteiger partial charge < -0.3 is 5.11 Å². The van der Waals surface area contributed by atoms with Gasteiger partial charge in [-0.3, -0.25) is 0 Å². The van der Waals surface area contributed by atoms with Crippen molar-refractivity contribution in [2.75, 3.05) is 13.1 Å². The van der Waals surface area contributed by atoms with Crippen molar-refractivity contribution in [2.24, 2.45) is 0 Å². The molecule has 0 radical (unpaired) electrons. The fraction of sp³-hybridized carbons (Fsp3) is 0.267. The summed E-state index contributed by atoms with van der Waals surface area (Å²) < 4.78 is 77.9. The molecule has 10 heteroatoms. The molecule has 1 aromatic heterocycles. The Morgan fingerprint density at radius 2 is 1.84 bits per heavy atom. The molecule has 0 spiro atoms. The van der Waals surface area contributed by atoms with E-state index >= 15 is 0 Å². The number of rotatable bonds is 3. The van der Waals surface area contributed by atoms with E-state index in [1.54, 1.807) is 0 Å². The predicted octanol–water partition coefficient (Wildman–Crippen LogP) is 2.13. The summed E-state index contributed by atoms with van der Waals surface area (Å²) in [5.41, 5.74) is -2.89. The van der Waals surface area contributed by atoms with Gasteiger partial charge in [-0.1, -0.05) is 12.1 Å². The number of aromatic nitrogens is 1. The fourth-order valence-corrected chi connectivity index (χ4v) is 4.27. The zero-order chi connectivity index (χ0) is 18.5. The molecule has 1 aromatic carbocycles. The maximum absolute atomic E-state index is 13.3. The number of sulfonamides is 1. The SMILES string of the molecule is O=S(=O)(c1ncccc1C(F)(F)F)N1CC(O)(c2cccc(F)c2)C1. The van der Waals surface area contributed by atoms with Crippen LogP contribution in [0.5, 0.6) is 0 Å². The molecule has 0 unspecified atom stereocenters. The van der Waals surface area contributed by atoms with Crippen molar-refractivity contribution in [3.05, 3.63) is 59.5 Å². The first-order valence-corrected chi connectivity index (χ1v) is 8.49. The van der Waals surface area contributed by atoms with E-state index in [0.717, 1.165) is 24.4 Å². The number of benzene rings is 1. The average Bonchev–Trinajstić information content (AvgIpc) is 2.51. The maximum Gasteiger partial charge on any atom is 0.419 e. The second-order valence-electron chi connectivity index (χ2n) is 5.67. The van der Waals surface area contributed by atoms with Crippen LogP contribution in [0.15, 0.2) is 47.6 Å². The molecule has 1 aliphatic rings. The van der Waals surface area contributed by atoms with E-state index in [2.05, 4.69) is 4.98 Å². The van der Waals surface area contributed by atoms with Crippen molar-refractivity contribution < 1.29 is 31.1 Å². The first kappa shape index (κ1) is 17.8. The lowest BCUT2D eigenvalue weighted by atomic mass is 9.88. The summed E-state index contributed by atoms with van der Waals surface area (Å²) in [6.07, 6.45) is -3.94. The molecule has 2 aromatic rings. The Labute approximate surface area is 140 Å². The summed E-state index contributed by atoms with van der Waals surface area (Å²) in [5, 5.41) is 9.28. The molecule has 0 saturated carbocycles. The molecule has 1 N–H and O–H groups in total. The number of halogens is 4. The molecular formula is C15H12F4N2O3S. The number of nitrogens with zero attached hydrogens (tertiary/aromatic N) is 2. The Morgan fingerprint density at radius 1 is 1.16 bits per heavy atom. The van der Waals surface area contributed by atoms with Crippen LogP contribution in [0.1, 0.15) is 11.1 Å². The summed E-state index contributed by atoms with van der Waals surface area (Å²) in [6.45, 7) is -0.987. The second kappa shape index (κ2) is 5.75. The van der Waals surface area contributed by atoms with Crippen LogP contribution in [-0.4, -0.2) is 35.9 Å². The Kier molecular flexibility index (Phi) is 4.09. The normalized spacial score (nSPS) is 18.0. The molecule has 0 atom stereocenters. The van der Waals surface area contributed by atoms with E-state index in [4.69, 9.17) is 0 Å². The van der Waals surface area contributed by atoms with Gasteiger partial charge in [-0.2, -0.15) is 17.5 Å². The molecule has 0 aliphatic carbocycles. The molecular weight excluding hydrogens is 364 g/mol. The molecule has 25 heavy (non-hydrogen) atoms. The van der Waals surface area contributed by atoms with Gasteiger partial charge >= 0.3 is 6.18 Å². The van der Waals surface area contributed by atoms with Gasteiger partial charge in [-0.25, -0.2) is 17.8 Å². The summed E-state index contributed by atoms with van der Waals surface area (Å²) >= 11 is 0. The zero-order valence-corrected chi connectivity index (χ0v) is 13.4. The molecule has 2 heterocycles. The standard InChI is InChI=1S/C15H12F4N2O3S/c16-11-4-1-3-10(7-11)14(22)8-21(9-14)25(23,24)13-12(15(17,18)19)5-2-6-20-13/h1-7,22H,8-9H2. The molecule has 0 amide bonds. The topological polar surface area (TPSA) is 70.5 Å². The smallest absolute Gasteiger partial charge is 0.382 e. The minimum Gasteiger partial charge on any atom is -0.382 e. The highest BCUT2D eigenvalue weighted by Gasteiger charge is 2.51. The summed E-state index contributed by atoms with van der Waals surface area (Å²) in [4.78, 5) is 3.36.